The molecule has 3 rings (SSSR count). The molecule has 5 nitrogen and oxygen atoms in total. The van der Waals surface area contributed by atoms with Gasteiger partial charge in [0.15, 0.2) is 0 Å². The van der Waals surface area contributed by atoms with Crippen molar-refractivity contribution in [3.8, 4) is 5.69 Å². The molecule has 0 amide bonds. The number of nitrogens with zero attached hydrogens (tertiary/aromatic N) is 4. The summed E-state index contributed by atoms with van der Waals surface area (Å²) in [6.45, 7) is 0. The van der Waals surface area contributed by atoms with Crippen LogP contribution in [-0.2, 0) is 0 Å². The lowest BCUT2D eigenvalue weighted by atomic mass is 10.3. The summed E-state index contributed by atoms with van der Waals surface area (Å²) in [6, 6.07) is 12.8. The highest BCUT2D eigenvalue weighted by molar-refractivity contribution is 5.82. The van der Waals surface area contributed by atoms with E-state index in [0.717, 1.165) is 4.80 Å². The molecule has 0 N–H and O–H groups in total. The van der Waals surface area contributed by atoms with Gasteiger partial charge in [-0.25, -0.2) is 0 Å². The summed E-state index contributed by atoms with van der Waals surface area (Å²) in [4.78, 5) is 4.27. The Morgan fingerprint density at radius 2 is 1.50 bits per heavy atom. The molecule has 1 aromatic heterocycles. The van der Waals surface area contributed by atoms with Crippen molar-refractivity contribution in [1.29, 1.82) is 0 Å². The Labute approximate surface area is 122 Å². The average molecular weight is 305 g/mol. The van der Waals surface area contributed by atoms with E-state index < -0.39 is 12.1 Å². The molecule has 0 saturated carbocycles. The number of para-hydroxylation sites is 2. The first-order valence-electron chi connectivity index (χ1n) is 6.19. The molecule has 0 saturated heterocycles. The number of benzene rings is 2. The van der Waals surface area contributed by atoms with Gasteiger partial charge in [-0.15, -0.1) is 15.0 Å². The molecule has 0 aliphatic rings. The lowest BCUT2D eigenvalue weighted by molar-refractivity contribution is -0.262. The molecule has 0 aliphatic heterocycles. The number of rotatable bonds is 2. The Kier molecular flexibility index (Phi) is 3.28. The van der Waals surface area contributed by atoms with Crippen LogP contribution in [-0.4, -0.2) is 27.1 Å². The van der Waals surface area contributed by atoms with Gasteiger partial charge in [0, 0.05) is 0 Å². The van der Waals surface area contributed by atoms with Crippen LogP contribution in [0.4, 0.5) is 18.9 Å². The summed E-state index contributed by atoms with van der Waals surface area (Å²) in [5, 5.41) is 19.4. The number of fused-ring (bicyclic) bond motifs is 1. The molecule has 0 radical (unpaired) electrons. The molecule has 0 atom stereocenters. The molecular weight excluding hydrogens is 297 g/mol. The minimum absolute atomic E-state index is 0.148. The third kappa shape index (κ3) is 2.62. The largest absolute Gasteiger partial charge is 0.855 e. The van der Waals surface area contributed by atoms with Gasteiger partial charge in [-0.05, 0) is 24.3 Å². The number of aliphatic imine (C=N–C) groups is 1. The highest BCUT2D eigenvalue weighted by Gasteiger charge is 2.28. The van der Waals surface area contributed by atoms with E-state index in [0.29, 0.717) is 11.0 Å². The average Bonchev–Trinajstić information content (AvgIpc) is 2.90. The number of alkyl halides is 3. The fraction of sp³-hybridized carbons (Fsp3) is 0.0714. The molecular formula is C14H8F3N4O-. The highest BCUT2D eigenvalue weighted by Crippen LogP contribution is 2.25. The molecule has 3 aromatic rings. The van der Waals surface area contributed by atoms with E-state index in [1.165, 1.54) is 18.2 Å². The van der Waals surface area contributed by atoms with Crippen molar-refractivity contribution in [2.75, 3.05) is 0 Å². The minimum Gasteiger partial charge on any atom is -0.855 e. The molecule has 22 heavy (non-hydrogen) atoms. The van der Waals surface area contributed by atoms with Crippen molar-refractivity contribution < 1.29 is 18.3 Å². The van der Waals surface area contributed by atoms with Crippen LogP contribution >= 0.6 is 0 Å². The quantitative estimate of drug-likeness (QED) is 0.539. The Morgan fingerprint density at radius 3 is 2.09 bits per heavy atom. The molecule has 2 aromatic carbocycles. The maximum atomic E-state index is 12.4. The second-order valence-electron chi connectivity index (χ2n) is 4.38. The molecule has 8 heteroatoms. The second kappa shape index (κ2) is 5.14. The third-order valence-electron chi connectivity index (χ3n) is 2.85. The zero-order valence-corrected chi connectivity index (χ0v) is 10.9. The summed E-state index contributed by atoms with van der Waals surface area (Å²) in [5.74, 6) is -2.17. The van der Waals surface area contributed by atoms with Crippen LogP contribution < -0.4 is 5.11 Å². The molecule has 0 bridgehead atoms. The lowest BCUT2D eigenvalue weighted by Crippen LogP contribution is -2.34. The molecule has 0 fully saturated rings. The Morgan fingerprint density at radius 1 is 0.955 bits per heavy atom. The van der Waals surface area contributed by atoms with E-state index in [-0.39, 0.29) is 11.4 Å². The Balaban J connectivity index is 2.12. The zero-order valence-electron chi connectivity index (χ0n) is 10.9. The van der Waals surface area contributed by atoms with Gasteiger partial charge in [0.05, 0.1) is 11.6 Å². The first kappa shape index (κ1) is 14.1. The Bertz CT molecular complexity index is 821. The van der Waals surface area contributed by atoms with Gasteiger partial charge in [0.25, 0.3) is 0 Å². The van der Waals surface area contributed by atoms with Crippen molar-refractivity contribution in [1.82, 2.24) is 15.0 Å². The van der Waals surface area contributed by atoms with E-state index in [1.807, 2.05) is 0 Å². The topological polar surface area (TPSA) is 66.1 Å². The summed E-state index contributed by atoms with van der Waals surface area (Å²) in [6.07, 6.45) is -5.02. The van der Waals surface area contributed by atoms with E-state index in [1.54, 1.807) is 30.3 Å². The fourth-order valence-electron chi connectivity index (χ4n) is 1.87. The first-order chi connectivity index (χ1) is 10.4. The maximum absolute atomic E-state index is 12.4. The monoisotopic (exact) mass is 305 g/mol. The summed E-state index contributed by atoms with van der Waals surface area (Å²) in [5.41, 5.74) is 1.21. The SMILES string of the molecule is [O-]C(=Nc1ccccc1-n1nc2ccccc2n1)C(F)(F)F. The van der Waals surface area contributed by atoms with Crippen LogP contribution in [0.5, 0.6) is 0 Å². The van der Waals surface area contributed by atoms with Crippen LogP contribution in [0.25, 0.3) is 16.7 Å². The zero-order chi connectivity index (χ0) is 15.7. The van der Waals surface area contributed by atoms with Crippen molar-refractivity contribution in [2.45, 2.75) is 6.18 Å². The van der Waals surface area contributed by atoms with Gasteiger partial charge in [0.2, 0.25) is 0 Å². The smallest absolute Gasteiger partial charge is 0.419 e. The van der Waals surface area contributed by atoms with Crippen LogP contribution in [0.15, 0.2) is 53.5 Å². The third-order valence-corrected chi connectivity index (χ3v) is 2.85. The van der Waals surface area contributed by atoms with Crippen LogP contribution in [0.3, 0.4) is 0 Å². The Hall–Kier alpha value is -2.90. The van der Waals surface area contributed by atoms with Crippen molar-refractivity contribution in [3.63, 3.8) is 0 Å². The van der Waals surface area contributed by atoms with Crippen LogP contribution in [0, 0.1) is 0 Å². The molecule has 0 spiro atoms. The predicted molar refractivity (Wildman–Crippen MR) is 72.0 cm³/mol. The first-order valence-corrected chi connectivity index (χ1v) is 6.19. The molecule has 112 valence electrons. The van der Waals surface area contributed by atoms with Gasteiger partial charge in [-0.1, -0.05) is 24.3 Å². The van der Waals surface area contributed by atoms with Gasteiger partial charge >= 0.3 is 6.18 Å². The summed E-state index contributed by atoms with van der Waals surface area (Å²) < 4.78 is 37.1. The van der Waals surface area contributed by atoms with E-state index in [9.17, 15) is 18.3 Å². The normalized spacial score (nSPS) is 12.8. The van der Waals surface area contributed by atoms with Gasteiger partial charge < -0.3 is 5.11 Å². The second-order valence-corrected chi connectivity index (χ2v) is 4.38. The molecule has 1 heterocycles. The number of hydrogen-bond donors (Lipinski definition) is 0. The molecule has 0 aliphatic carbocycles. The van der Waals surface area contributed by atoms with Crippen molar-refractivity contribution >= 4 is 22.6 Å². The van der Waals surface area contributed by atoms with Gasteiger partial charge in [-0.3, -0.25) is 4.99 Å². The summed E-state index contributed by atoms with van der Waals surface area (Å²) >= 11 is 0. The lowest BCUT2D eigenvalue weighted by Gasteiger charge is -2.14. The fourth-order valence-corrected chi connectivity index (χ4v) is 1.87. The maximum Gasteiger partial charge on any atom is 0.419 e. The van der Waals surface area contributed by atoms with E-state index in [4.69, 9.17) is 0 Å². The van der Waals surface area contributed by atoms with Crippen molar-refractivity contribution in [3.05, 3.63) is 48.5 Å². The standard InChI is InChI=1S/C14H9F3N4O/c15-14(16,17)13(22)18-11-7-3-4-8-12(11)21-19-9-5-1-2-6-10(9)20-21/h1-8H,(H,18,22)/p-1. The number of hydrogen-bond acceptors (Lipinski definition) is 4. The number of halogens is 3. The van der Waals surface area contributed by atoms with E-state index >= 15 is 0 Å². The predicted octanol–water partition coefficient (Wildman–Crippen LogP) is 2.37. The van der Waals surface area contributed by atoms with Crippen LogP contribution in [0.2, 0.25) is 0 Å². The van der Waals surface area contributed by atoms with E-state index in [2.05, 4.69) is 15.2 Å². The van der Waals surface area contributed by atoms with Crippen molar-refractivity contribution in [2.24, 2.45) is 4.99 Å². The minimum atomic E-state index is -5.02. The van der Waals surface area contributed by atoms with Gasteiger partial charge in [0.1, 0.15) is 16.7 Å². The number of aromatic nitrogens is 3. The van der Waals surface area contributed by atoms with Gasteiger partial charge in [-0.2, -0.15) is 13.2 Å². The van der Waals surface area contributed by atoms with Crippen LogP contribution in [0.1, 0.15) is 0 Å². The summed E-state index contributed by atoms with van der Waals surface area (Å²) in [7, 11) is 0. The molecule has 0 unspecified atom stereocenters. The highest BCUT2D eigenvalue weighted by atomic mass is 19.4.